The Morgan fingerprint density at radius 1 is 0.800 bits per heavy atom. The van der Waals surface area contributed by atoms with Crippen LogP contribution in [0.1, 0.15) is 32.1 Å². The van der Waals surface area contributed by atoms with Gasteiger partial charge in [0.2, 0.25) is 6.54 Å². The van der Waals surface area contributed by atoms with Gasteiger partial charge < -0.3 is 9.95 Å². The lowest BCUT2D eigenvalue weighted by atomic mass is 10.1. The molecule has 0 saturated heterocycles. The third-order valence-electron chi connectivity index (χ3n) is 2.47. The SMILES string of the molecule is O=C(O)CCCC(F)(F)C(F)(F)F.[C-]#[N+]CCCC(F)(F)C(F)(F)F. The Bertz CT molecular complexity index is 450. The number of alkyl halides is 10. The van der Waals surface area contributed by atoms with E-state index in [1.165, 1.54) is 0 Å². The summed E-state index contributed by atoms with van der Waals surface area (Å²) in [5.74, 6) is -10.8. The summed E-state index contributed by atoms with van der Waals surface area (Å²) in [6.45, 7) is 5.87. The van der Waals surface area contributed by atoms with E-state index in [-0.39, 0.29) is 6.54 Å². The number of carbonyl (C=O) groups is 1. The maximum atomic E-state index is 12.1. The highest BCUT2D eigenvalue weighted by atomic mass is 19.4. The van der Waals surface area contributed by atoms with E-state index in [0.29, 0.717) is 0 Å². The minimum absolute atomic E-state index is 0.300. The highest BCUT2D eigenvalue weighted by Gasteiger charge is 2.57. The number of rotatable bonds is 7. The maximum Gasteiger partial charge on any atom is 0.453 e. The molecule has 13 heteroatoms. The lowest BCUT2D eigenvalue weighted by molar-refractivity contribution is -0.284. The second kappa shape index (κ2) is 9.67. The molecular weight excluding hydrogens is 380 g/mol. The van der Waals surface area contributed by atoms with E-state index in [1.807, 2.05) is 0 Å². The van der Waals surface area contributed by atoms with Gasteiger partial charge in [-0.2, -0.15) is 43.9 Å². The van der Waals surface area contributed by atoms with Crippen molar-refractivity contribution in [3.63, 3.8) is 0 Å². The van der Waals surface area contributed by atoms with Crippen molar-refractivity contribution < 1.29 is 53.8 Å². The monoisotopic (exact) mass is 393 g/mol. The summed E-state index contributed by atoms with van der Waals surface area (Å²) < 4.78 is 117. The van der Waals surface area contributed by atoms with Crippen LogP contribution in [0.3, 0.4) is 0 Å². The molecule has 0 aromatic heterocycles. The second-order valence-corrected chi connectivity index (χ2v) is 4.64. The van der Waals surface area contributed by atoms with E-state index in [4.69, 9.17) is 11.7 Å². The van der Waals surface area contributed by atoms with Gasteiger partial charge in [-0.05, 0) is 6.42 Å². The Morgan fingerprint density at radius 3 is 1.44 bits per heavy atom. The molecule has 0 spiro atoms. The molecule has 1 N–H and O–H groups in total. The van der Waals surface area contributed by atoms with Crippen LogP contribution in [0, 0.1) is 6.57 Å². The Hall–Kier alpha value is -1.74. The van der Waals surface area contributed by atoms with Gasteiger partial charge in [-0.15, -0.1) is 0 Å². The number of aliphatic carboxylic acids is 1. The summed E-state index contributed by atoms with van der Waals surface area (Å²) in [5.41, 5.74) is 0. The third-order valence-corrected chi connectivity index (χ3v) is 2.47. The summed E-state index contributed by atoms with van der Waals surface area (Å²) >= 11 is 0. The normalized spacial score (nSPS) is 12.8. The van der Waals surface area contributed by atoms with Crippen LogP contribution in [-0.4, -0.2) is 41.8 Å². The first-order chi connectivity index (χ1) is 11.0. The second-order valence-electron chi connectivity index (χ2n) is 4.64. The molecule has 0 radical (unpaired) electrons. The number of carboxylic acids is 1. The van der Waals surface area contributed by atoms with E-state index >= 15 is 0 Å². The summed E-state index contributed by atoms with van der Waals surface area (Å²) in [6.07, 6.45) is -15.7. The molecule has 0 unspecified atom stereocenters. The van der Waals surface area contributed by atoms with Crippen LogP contribution in [0.5, 0.6) is 0 Å². The number of hydrogen-bond donors (Lipinski definition) is 1. The molecule has 0 bridgehead atoms. The zero-order chi connectivity index (χ0) is 20.5. The van der Waals surface area contributed by atoms with Crippen LogP contribution in [0.2, 0.25) is 0 Å². The van der Waals surface area contributed by atoms with Gasteiger partial charge in [0.05, 0.1) is 0 Å². The van der Waals surface area contributed by atoms with E-state index in [2.05, 4.69) is 4.85 Å². The summed E-state index contributed by atoms with van der Waals surface area (Å²) in [5, 5.41) is 7.99. The van der Waals surface area contributed by atoms with Crippen molar-refractivity contribution in [2.75, 3.05) is 6.54 Å². The zero-order valence-corrected chi connectivity index (χ0v) is 12.3. The quantitative estimate of drug-likeness (QED) is 0.361. The average Bonchev–Trinajstić information content (AvgIpc) is 2.36. The average molecular weight is 393 g/mol. The van der Waals surface area contributed by atoms with Crippen molar-refractivity contribution in [3.8, 4) is 0 Å². The molecule has 3 nitrogen and oxygen atoms in total. The molecule has 0 aliphatic rings. The predicted molar refractivity (Wildman–Crippen MR) is 64.2 cm³/mol. The highest BCUT2D eigenvalue weighted by Crippen LogP contribution is 2.39. The molecule has 0 heterocycles. The van der Waals surface area contributed by atoms with Crippen LogP contribution < -0.4 is 0 Å². The van der Waals surface area contributed by atoms with Crippen LogP contribution in [0.4, 0.5) is 43.9 Å². The lowest BCUT2D eigenvalue weighted by Crippen LogP contribution is -2.36. The Balaban J connectivity index is 0. The molecule has 0 aromatic rings. The van der Waals surface area contributed by atoms with E-state index in [1.54, 1.807) is 0 Å². The van der Waals surface area contributed by atoms with Gasteiger partial charge in [-0.3, -0.25) is 4.79 Å². The zero-order valence-electron chi connectivity index (χ0n) is 12.3. The van der Waals surface area contributed by atoms with Crippen LogP contribution in [0.25, 0.3) is 4.85 Å². The molecule has 0 aliphatic carbocycles. The standard InChI is InChI=1S/C6H6F5N.C6H7F5O2/c1-12-4-2-3-5(7,8)6(9,10)11;7-5(8,6(9,10)11)3-1-2-4(12)13/h2-4H2;1-3H2,(H,12,13). The fourth-order valence-corrected chi connectivity index (χ4v) is 1.13. The van der Waals surface area contributed by atoms with Crippen LogP contribution in [-0.2, 0) is 4.79 Å². The lowest BCUT2D eigenvalue weighted by Gasteiger charge is -2.18. The topological polar surface area (TPSA) is 41.7 Å². The molecular formula is C12H13F10NO2. The third kappa shape index (κ3) is 10.7. The van der Waals surface area contributed by atoms with Gasteiger partial charge in [0, 0.05) is 25.7 Å². The fraction of sp³-hybridized carbons (Fsp3) is 0.833. The van der Waals surface area contributed by atoms with Gasteiger partial charge in [0.25, 0.3) is 0 Å². The molecule has 148 valence electrons. The number of carboxylic acid groups (broad SMARTS) is 1. The van der Waals surface area contributed by atoms with Gasteiger partial charge in [0.1, 0.15) is 0 Å². The number of hydrogen-bond acceptors (Lipinski definition) is 1. The van der Waals surface area contributed by atoms with Crippen molar-refractivity contribution in [2.45, 2.75) is 56.3 Å². The van der Waals surface area contributed by atoms with Crippen LogP contribution in [0.15, 0.2) is 0 Å². The summed E-state index contributed by atoms with van der Waals surface area (Å²) in [6, 6.07) is 0. The predicted octanol–water partition coefficient (Wildman–Crippen LogP) is 5.32. The first kappa shape index (κ1) is 25.5. The number of nitrogens with zero attached hydrogens (tertiary/aromatic N) is 1. The first-order valence-corrected chi connectivity index (χ1v) is 6.42. The molecule has 0 fully saturated rings. The molecule has 0 amide bonds. The molecule has 0 aromatic carbocycles. The molecule has 0 aliphatic heterocycles. The van der Waals surface area contributed by atoms with Crippen molar-refractivity contribution in [1.82, 2.24) is 0 Å². The molecule has 0 rings (SSSR count). The summed E-state index contributed by atoms with van der Waals surface area (Å²) in [7, 11) is 0. The number of halogens is 10. The van der Waals surface area contributed by atoms with Crippen molar-refractivity contribution >= 4 is 5.97 Å². The van der Waals surface area contributed by atoms with Crippen molar-refractivity contribution in [2.24, 2.45) is 0 Å². The fourth-order valence-electron chi connectivity index (χ4n) is 1.13. The molecule has 0 atom stereocenters. The maximum absolute atomic E-state index is 12.1. The van der Waals surface area contributed by atoms with Crippen LogP contribution >= 0.6 is 0 Å². The minimum atomic E-state index is -5.59. The van der Waals surface area contributed by atoms with Crippen molar-refractivity contribution in [3.05, 3.63) is 11.4 Å². The van der Waals surface area contributed by atoms with Gasteiger partial charge in [0.15, 0.2) is 0 Å². The molecule has 25 heavy (non-hydrogen) atoms. The molecule has 0 saturated carbocycles. The van der Waals surface area contributed by atoms with E-state index in [9.17, 15) is 48.7 Å². The van der Waals surface area contributed by atoms with Gasteiger partial charge in [-0.25, -0.2) is 6.57 Å². The highest BCUT2D eigenvalue weighted by molar-refractivity contribution is 5.66. The Kier molecular flexibility index (Phi) is 9.86. The minimum Gasteiger partial charge on any atom is -0.481 e. The largest absolute Gasteiger partial charge is 0.481 e. The smallest absolute Gasteiger partial charge is 0.453 e. The van der Waals surface area contributed by atoms with Crippen molar-refractivity contribution in [1.29, 1.82) is 0 Å². The summed E-state index contributed by atoms with van der Waals surface area (Å²) in [4.78, 5) is 12.5. The first-order valence-electron chi connectivity index (χ1n) is 6.42. The van der Waals surface area contributed by atoms with Gasteiger partial charge >= 0.3 is 30.2 Å². The van der Waals surface area contributed by atoms with Gasteiger partial charge in [-0.1, -0.05) is 0 Å². The Morgan fingerprint density at radius 2 is 1.16 bits per heavy atom. The Labute approximate surface area is 135 Å². The van der Waals surface area contributed by atoms with E-state index < -0.39 is 62.3 Å². The van der Waals surface area contributed by atoms with E-state index in [0.717, 1.165) is 0 Å².